The second kappa shape index (κ2) is 8.90. The lowest BCUT2D eigenvalue weighted by atomic mass is 10.2. The van der Waals surface area contributed by atoms with E-state index in [0.29, 0.717) is 0 Å². The standard InChI is InChI=1S/C17H28N2O2/c1-3-8-18-14-15-6-7-16(20-2)17(13-15)21-12-11-19-9-4-5-10-19/h6-7,13,18H,3-5,8-12,14H2,1-2H3. The highest BCUT2D eigenvalue weighted by Crippen LogP contribution is 2.28. The van der Waals surface area contributed by atoms with Gasteiger partial charge in [0.05, 0.1) is 7.11 Å². The molecule has 0 atom stereocenters. The van der Waals surface area contributed by atoms with Gasteiger partial charge in [-0.05, 0) is 56.6 Å². The first-order chi connectivity index (χ1) is 10.3. The third kappa shape index (κ3) is 5.21. The number of methoxy groups -OCH3 is 1. The van der Waals surface area contributed by atoms with E-state index < -0.39 is 0 Å². The first-order valence-electron chi connectivity index (χ1n) is 8.06. The first kappa shape index (κ1) is 16.1. The van der Waals surface area contributed by atoms with E-state index in [2.05, 4.69) is 29.3 Å². The van der Waals surface area contributed by atoms with Crippen LogP contribution in [0.3, 0.4) is 0 Å². The molecule has 1 aromatic carbocycles. The SMILES string of the molecule is CCCNCc1ccc(OC)c(OCCN2CCCC2)c1. The average molecular weight is 292 g/mol. The van der Waals surface area contributed by atoms with Crippen molar-refractivity contribution in [1.29, 1.82) is 0 Å². The van der Waals surface area contributed by atoms with Crippen LogP contribution in [0.15, 0.2) is 18.2 Å². The van der Waals surface area contributed by atoms with Crippen molar-refractivity contribution >= 4 is 0 Å². The van der Waals surface area contributed by atoms with E-state index in [-0.39, 0.29) is 0 Å². The fraction of sp³-hybridized carbons (Fsp3) is 0.647. The minimum Gasteiger partial charge on any atom is -0.493 e. The van der Waals surface area contributed by atoms with Crippen LogP contribution in [0.5, 0.6) is 11.5 Å². The third-order valence-corrected chi connectivity index (χ3v) is 3.85. The average Bonchev–Trinajstić information content (AvgIpc) is 3.01. The summed E-state index contributed by atoms with van der Waals surface area (Å²) in [5.41, 5.74) is 1.24. The Balaban J connectivity index is 1.86. The molecule has 1 N–H and O–H groups in total. The number of hydrogen-bond acceptors (Lipinski definition) is 4. The Bertz CT molecular complexity index is 417. The lowest BCUT2D eigenvalue weighted by Crippen LogP contribution is -2.25. The summed E-state index contributed by atoms with van der Waals surface area (Å²) in [6.45, 7) is 8.23. The second-order valence-electron chi connectivity index (χ2n) is 5.56. The topological polar surface area (TPSA) is 33.7 Å². The van der Waals surface area contributed by atoms with Gasteiger partial charge in [0.2, 0.25) is 0 Å². The molecule has 0 aromatic heterocycles. The molecule has 0 amide bonds. The van der Waals surface area contributed by atoms with Crippen LogP contribution in [0.2, 0.25) is 0 Å². The van der Waals surface area contributed by atoms with Crippen LogP contribution in [0, 0.1) is 0 Å². The molecule has 21 heavy (non-hydrogen) atoms. The van der Waals surface area contributed by atoms with Gasteiger partial charge < -0.3 is 14.8 Å². The summed E-state index contributed by atoms with van der Waals surface area (Å²) in [5.74, 6) is 1.67. The molecule has 1 aliphatic rings. The van der Waals surface area contributed by atoms with E-state index in [9.17, 15) is 0 Å². The predicted octanol–water partition coefficient (Wildman–Crippen LogP) is 2.67. The zero-order valence-electron chi connectivity index (χ0n) is 13.4. The first-order valence-corrected chi connectivity index (χ1v) is 8.06. The molecular formula is C17H28N2O2. The van der Waals surface area contributed by atoms with Crippen LogP contribution in [0.1, 0.15) is 31.7 Å². The molecule has 4 nitrogen and oxygen atoms in total. The lowest BCUT2D eigenvalue weighted by Gasteiger charge is -2.17. The van der Waals surface area contributed by atoms with Gasteiger partial charge in [0, 0.05) is 13.1 Å². The summed E-state index contributed by atoms with van der Waals surface area (Å²) in [4.78, 5) is 2.46. The molecule has 1 heterocycles. The summed E-state index contributed by atoms with van der Waals surface area (Å²) >= 11 is 0. The van der Waals surface area contributed by atoms with Gasteiger partial charge in [0.1, 0.15) is 6.61 Å². The van der Waals surface area contributed by atoms with Crippen LogP contribution in [-0.4, -0.2) is 44.8 Å². The molecule has 0 saturated carbocycles. The van der Waals surface area contributed by atoms with Crippen molar-refractivity contribution in [2.75, 3.05) is 39.9 Å². The number of nitrogens with zero attached hydrogens (tertiary/aromatic N) is 1. The maximum atomic E-state index is 5.94. The molecule has 0 radical (unpaired) electrons. The maximum Gasteiger partial charge on any atom is 0.161 e. The van der Waals surface area contributed by atoms with Gasteiger partial charge in [-0.25, -0.2) is 0 Å². The van der Waals surface area contributed by atoms with Crippen molar-refractivity contribution < 1.29 is 9.47 Å². The monoisotopic (exact) mass is 292 g/mol. The molecular weight excluding hydrogens is 264 g/mol. The number of rotatable bonds is 9. The van der Waals surface area contributed by atoms with Crippen molar-refractivity contribution in [1.82, 2.24) is 10.2 Å². The van der Waals surface area contributed by atoms with Gasteiger partial charge in [0.15, 0.2) is 11.5 Å². The number of likely N-dealkylation sites (tertiary alicyclic amines) is 1. The lowest BCUT2D eigenvalue weighted by molar-refractivity contribution is 0.230. The maximum absolute atomic E-state index is 5.94. The minimum atomic E-state index is 0.724. The fourth-order valence-corrected chi connectivity index (χ4v) is 2.64. The molecule has 0 spiro atoms. The molecule has 0 aliphatic carbocycles. The predicted molar refractivity (Wildman–Crippen MR) is 86.2 cm³/mol. The minimum absolute atomic E-state index is 0.724. The highest BCUT2D eigenvalue weighted by molar-refractivity contribution is 5.42. The highest BCUT2D eigenvalue weighted by atomic mass is 16.5. The van der Waals surface area contributed by atoms with E-state index in [1.54, 1.807) is 7.11 Å². The molecule has 1 saturated heterocycles. The van der Waals surface area contributed by atoms with E-state index in [4.69, 9.17) is 9.47 Å². The van der Waals surface area contributed by atoms with Crippen LogP contribution >= 0.6 is 0 Å². The molecule has 118 valence electrons. The molecule has 4 heteroatoms. The molecule has 1 aliphatic heterocycles. The number of hydrogen-bond donors (Lipinski definition) is 1. The normalized spacial score (nSPS) is 15.3. The number of nitrogens with one attached hydrogen (secondary N) is 1. The Kier molecular flexibility index (Phi) is 6.83. The molecule has 2 rings (SSSR count). The Morgan fingerprint density at radius 2 is 2.00 bits per heavy atom. The highest BCUT2D eigenvalue weighted by Gasteiger charge is 2.12. The zero-order chi connectivity index (χ0) is 14.9. The zero-order valence-corrected chi connectivity index (χ0v) is 13.4. The van der Waals surface area contributed by atoms with Gasteiger partial charge in [-0.3, -0.25) is 4.90 Å². The smallest absolute Gasteiger partial charge is 0.161 e. The fourth-order valence-electron chi connectivity index (χ4n) is 2.64. The second-order valence-corrected chi connectivity index (χ2v) is 5.56. The van der Waals surface area contributed by atoms with E-state index in [1.807, 2.05) is 6.07 Å². The van der Waals surface area contributed by atoms with Crippen LogP contribution in [0.25, 0.3) is 0 Å². The van der Waals surface area contributed by atoms with Crippen LogP contribution < -0.4 is 14.8 Å². The Labute approximate surface area is 128 Å². The Morgan fingerprint density at radius 1 is 1.19 bits per heavy atom. The summed E-state index contributed by atoms with van der Waals surface area (Å²) in [6.07, 6.45) is 3.79. The van der Waals surface area contributed by atoms with Crippen molar-refractivity contribution in [2.45, 2.75) is 32.7 Å². The number of benzene rings is 1. The quantitative estimate of drug-likeness (QED) is 0.710. The van der Waals surface area contributed by atoms with Crippen LogP contribution in [-0.2, 0) is 6.54 Å². The van der Waals surface area contributed by atoms with E-state index in [1.165, 1.54) is 31.5 Å². The van der Waals surface area contributed by atoms with E-state index >= 15 is 0 Å². The molecule has 0 unspecified atom stereocenters. The summed E-state index contributed by atoms with van der Waals surface area (Å²) in [7, 11) is 1.69. The van der Waals surface area contributed by atoms with Crippen molar-refractivity contribution in [3.8, 4) is 11.5 Å². The van der Waals surface area contributed by atoms with Crippen molar-refractivity contribution in [2.24, 2.45) is 0 Å². The Morgan fingerprint density at radius 3 is 2.71 bits per heavy atom. The summed E-state index contributed by atoms with van der Waals surface area (Å²) in [5, 5.41) is 3.41. The molecule has 1 fully saturated rings. The number of ether oxygens (including phenoxy) is 2. The van der Waals surface area contributed by atoms with Gasteiger partial charge in [-0.15, -0.1) is 0 Å². The van der Waals surface area contributed by atoms with Crippen molar-refractivity contribution in [3.63, 3.8) is 0 Å². The van der Waals surface area contributed by atoms with Gasteiger partial charge in [-0.2, -0.15) is 0 Å². The van der Waals surface area contributed by atoms with Crippen LogP contribution in [0.4, 0.5) is 0 Å². The van der Waals surface area contributed by atoms with Crippen molar-refractivity contribution in [3.05, 3.63) is 23.8 Å². The Hall–Kier alpha value is -1.26. The largest absolute Gasteiger partial charge is 0.493 e. The van der Waals surface area contributed by atoms with Gasteiger partial charge >= 0.3 is 0 Å². The summed E-state index contributed by atoms with van der Waals surface area (Å²) < 4.78 is 11.3. The van der Waals surface area contributed by atoms with Gasteiger partial charge in [-0.1, -0.05) is 13.0 Å². The van der Waals surface area contributed by atoms with E-state index in [0.717, 1.165) is 44.2 Å². The van der Waals surface area contributed by atoms with Gasteiger partial charge in [0.25, 0.3) is 0 Å². The third-order valence-electron chi connectivity index (χ3n) is 3.85. The molecule has 0 bridgehead atoms. The molecule has 1 aromatic rings. The summed E-state index contributed by atoms with van der Waals surface area (Å²) in [6, 6.07) is 6.18.